The lowest BCUT2D eigenvalue weighted by Gasteiger charge is -2.26. The Morgan fingerprint density at radius 3 is 2.71 bits per heavy atom. The van der Waals surface area contributed by atoms with Gasteiger partial charge in [0.2, 0.25) is 0 Å². The molecule has 3 N–H and O–H groups in total. The highest BCUT2D eigenvalue weighted by atomic mass is 19.1. The highest BCUT2D eigenvalue weighted by Gasteiger charge is 2.36. The number of hydrogen-bond acceptors (Lipinski definition) is 6. The molecule has 0 aliphatic carbocycles. The molecule has 2 atom stereocenters. The van der Waals surface area contributed by atoms with Crippen molar-refractivity contribution in [3.63, 3.8) is 0 Å². The summed E-state index contributed by atoms with van der Waals surface area (Å²) in [6.07, 6.45) is 2.31. The lowest BCUT2D eigenvalue weighted by Crippen LogP contribution is -2.32. The first-order chi connectivity index (χ1) is 15.1. The molecule has 0 amide bonds. The van der Waals surface area contributed by atoms with E-state index in [0.29, 0.717) is 29.1 Å². The van der Waals surface area contributed by atoms with Crippen molar-refractivity contribution in [1.82, 2.24) is 30.4 Å². The number of anilines is 1. The van der Waals surface area contributed by atoms with E-state index in [0.717, 1.165) is 12.0 Å². The smallest absolute Gasteiger partial charge is 0.272 e. The molecule has 2 aromatic carbocycles. The maximum Gasteiger partial charge on any atom is 0.272 e. The van der Waals surface area contributed by atoms with E-state index in [1.807, 2.05) is 6.92 Å². The van der Waals surface area contributed by atoms with Gasteiger partial charge in [-0.1, -0.05) is 19.1 Å². The molecule has 1 aliphatic rings. The van der Waals surface area contributed by atoms with Crippen molar-refractivity contribution in [2.24, 2.45) is 0 Å². The number of aryl methyl sites for hydroxylation is 1. The van der Waals surface area contributed by atoms with Gasteiger partial charge in [-0.25, -0.2) is 29.0 Å². The summed E-state index contributed by atoms with van der Waals surface area (Å²) in [4.78, 5) is 16.9. The van der Waals surface area contributed by atoms with Gasteiger partial charge in [-0.05, 0) is 36.2 Å². The first-order valence-electron chi connectivity index (χ1n) is 9.93. The van der Waals surface area contributed by atoms with Gasteiger partial charge in [0.1, 0.15) is 23.8 Å². The second kappa shape index (κ2) is 7.55. The van der Waals surface area contributed by atoms with E-state index >= 15 is 0 Å². The molecule has 0 saturated carbocycles. The number of nitrogens with zero attached hydrogens (tertiary/aromatic N) is 4. The maximum absolute atomic E-state index is 14.2. The number of aromatic amines is 1. The van der Waals surface area contributed by atoms with E-state index in [-0.39, 0.29) is 11.2 Å². The van der Waals surface area contributed by atoms with E-state index in [1.54, 1.807) is 16.8 Å². The van der Waals surface area contributed by atoms with E-state index < -0.39 is 23.3 Å². The summed E-state index contributed by atoms with van der Waals surface area (Å²) in [6.45, 7) is 2.67. The van der Waals surface area contributed by atoms with E-state index in [9.17, 15) is 13.6 Å². The number of H-pyrrole nitrogens is 1. The van der Waals surface area contributed by atoms with Crippen LogP contribution in [0.1, 0.15) is 42.4 Å². The van der Waals surface area contributed by atoms with Crippen LogP contribution < -0.4 is 16.4 Å². The Labute approximate surface area is 175 Å². The molecule has 2 unspecified atom stereocenters. The first-order valence-corrected chi connectivity index (χ1v) is 9.93. The third-order valence-electron chi connectivity index (χ3n) is 5.46. The predicted octanol–water partition coefficient (Wildman–Crippen LogP) is 3.01. The molecule has 0 spiro atoms. The number of hydrogen-bond donors (Lipinski definition) is 3. The summed E-state index contributed by atoms with van der Waals surface area (Å²) in [5.41, 5.74) is 7.41. The van der Waals surface area contributed by atoms with Gasteiger partial charge < -0.3 is 5.43 Å². The van der Waals surface area contributed by atoms with Crippen LogP contribution in [0, 0.1) is 11.6 Å². The Balaban J connectivity index is 1.80. The Hall–Kier alpha value is -3.66. The second-order valence-electron chi connectivity index (χ2n) is 7.43. The molecule has 8 nitrogen and oxygen atoms in total. The molecule has 2 aromatic heterocycles. The zero-order valence-electron chi connectivity index (χ0n) is 16.6. The SMILES string of the molecule is CCCn1ncnc1C1c2n[nH]c(=O)c3cc(F)cc(c23)NNC1c1ccc(F)cc1. The number of halogens is 2. The Morgan fingerprint density at radius 2 is 1.94 bits per heavy atom. The van der Waals surface area contributed by atoms with Crippen LogP contribution in [0.15, 0.2) is 47.5 Å². The number of benzene rings is 2. The fourth-order valence-electron chi connectivity index (χ4n) is 4.12. The zero-order chi connectivity index (χ0) is 21.5. The molecule has 31 heavy (non-hydrogen) atoms. The third kappa shape index (κ3) is 3.25. The molecule has 1 aliphatic heterocycles. The summed E-state index contributed by atoms with van der Waals surface area (Å²) in [5.74, 6) is -0.780. The van der Waals surface area contributed by atoms with Crippen molar-refractivity contribution in [2.75, 3.05) is 5.43 Å². The second-order valence-corrected chi connectivity index (χ2v) is 7.43. The Kier molecular flexibility index (Phi) is 4.70. The molecular formula is C21H19F2N7O. The van der Waals surface area contributed by atoms with Gasteiger partial charge >= 0.3 is 0 Å². The molecule has 3 heterocycles. The molecular weight excluding hydrogens is 404 g/mol. The van der Waals surface area contributed by atoms with Crippen molar-refractivity contribution in [2.45, 2.75) is 31.8 Å². The quantitative estimate of drug-likeness (QED) is 0.467. The number of rotatable bonds is 4. The van der Waals surface area contributed by atoms with Crippen molar-refractivity contribution >= 4 is 16.5 Å². The lowest BCUT2D eigenvalue weighted by atomic mass is 9.88. The molecule has 5 rings (SSSR count). The fraction of sp³-hybridized carbons (Fsp3) is 0.238. The van der Waals surface area contributed by atoms with Crippen molar-refractivity contribution in [1.29, 1.82) is 0 Å². The van der Waals surface area contributed by atoms with Crippen molar-refractivity contribution in [3.05, 3.63) is 81.8 Å². The van der Waals surface area contributed by atoms with E-state index in [1.165, 1.54) is 30.6 Å². The molecule has 0 fully saturated rings. The van der Waals surface area contributed by atoms with Crippen LogP contribution >= 0.6 is 0 Å². The molecule has 0 bridgehead atoms. The van der Waals surface area contributed by atoms with Crippen LogP contribution in [0.5, 0.6) is 0 Å². The summed E-state index contributed by atoms with van der Waals surface area (Å²) in [7, 11) is 0. The number of hydrazine groups is 1. The van der Waals surface area contributed by atoms with Crippen LogP contribution in [0.2, 0.25) is 0 Å². The Morgan fingerprint density at radius 1 is 1.13 bits per heavy atom. The minimum absolute atomic E-state index is 0.181. The highest BCUT2D eigenvalue weighted by molar-refractivity contribution is 5.96. The minimum atomic E-state index is -0.551. The molecule has 10 heteroatoms. The van der Waals surface area contributed by atoms with Gasteiger partial charge in [0.15, 0.2) is 0 Å². The minimum Gasteiger partial charge on any atom is -0.320 e. The molecule has 158 valence electrons. The average molecular weight is 423 g/mol. The zero-order valence-corrected chi connectivity index (χ0v) is 16.6. The Bertz CT molecular complexity index is 1320. The van der Waals surface area contributed by atoms with Crippen molar-refractivity contribution in [3.8, 4) is 0 Å². The summed E-state index contributed by atoms with van der Waals surface area (Å²) >= 11 is 0. The monoisotopic (exact) mass is 423 g/mol. The van der Waals surface area contributed by atoms with Gasteiger partial charge in [-0.2, -0.15) is 10.2 Å². The van der Waals surface area contributed by atoms with Crippen LogP contribution in [-0.2, 0) is 6.54 Å². The average Bonchev–Trinajstić information content (AvgIpc) is 3.14. The highest BCUT2D eigenvalue weighted by Crippen LogP contribution is 2.41. The summed E-state index contributed by atoms with van der Waals surface area (Å²) in [6, 6.07) is 8.12. The van der Waals surface area contributed by atoms with Gasteiger partial charge in [-0.3, -0.25) is 4.79 Å². The lowest BCUT2D eigenvalue weighted by molar-refractivity contribution is 0.465. The predicted molar refractivity (Wildman–Crippen MR) is 110 cm³/mol. The van der Waals surface area contributed by atoms with Crippen molar-refractivity contribution < 1.29 is 8.78 Å². The van der Waals surface area contributed by atoms with Gasteiger partial charge in [-0.15, -0.1) is 0 Å². The van der Waals surface area contributed by atoms with Crippen LogP contribution in [-0.4, -0.2) is 25.0 Å². The molecule has 0 saturated heterocycles. The standard InChI is InChI=1S/C21H19F2N7O/c1-2-7-30-20(24-10-25-30)17-18(11-3-5-12(22)6-4-11)27-26-15-9-13(23)8-14-16(15)19(17)28-29-21(14)31/h3-6,8-10,17-18,26-27H,2,7H2,1H3,(H,29,31). The summed E-state index contributed by atoms with van der Waals surface area (Å²) in [5, 5.41) is 11.9. The first kappa shape index (κ1) is 19.3. The normalized spacial score (nSPS) is 18.0. The summed E-state index contributed by atoms with van der Waals surface area (Å²) < 4.78 is 29.6. The topological polar surface area (TPSA) is 101 Å². The van der Waals surface area contributed by atoms with Gasteiger partial charge in [0.05, 0.1) is 28.7 Å². The largest absolute Gasteiger partial charge is 0.320 e. The number of aromatic nitrogens is 5. The maximum atomic E-state index is 14.2. The third-order valence-corrected chi connectivity index (χ3v) is 5.46. The van der Waals surface area contributed by atoms with Gasteiger partial charge in [0.25, 0.3) is 5.56 Å². The van der Waals surface area contributed by atoms with Crippen LogP contribution in [0.25, 0.3) is 10.8 Å². The van der Waals surface area contributed by atoms with Gasteiger partial charge in [0, 0.05) is 11.9 Å². The fourth-order valence-corrected chi connectivity index (χ4v) is 4.12. The molecule has 4 aromatic rings. The van der Waals surface area contributed by atoms with E-state index in [4.69, 9.17) is 0 Å². The van der Waals surface area contributed by atoms with Crippen LogP contribution in [0.4, 0.5) is 14.5 Å². The molecule has 0 radical (unpaired) electrons. The number of nitrogens with one attached hydrogen (secondary N) is 3. The van der Waals surface area contributed by atoms with Crippen LogP contribution in [0.3, 0.4) is 0 Å². The van der Waals surface area contributed by atoms with E-state index in [2.05, 4.69) is 31.1 Å².